The standard InChI is InChI=1S/C18H30O6/c1-13(20)22-11-14-7-8-15(24-17(2,3)4)18(5,9-10-19)16(14)23-12-21-6/h7,10,15-16H,8-9,11-12H2,1-6H3/t15-,16-,18+/m0/s1. The Morgan fingerprint density at radius 2 is 2.08 bits per heavy atom. The summed E-state index contributed by atoms with van der Waals surface area (Å²) < 4.78 is 22.2. The van der Waals surface area contributed by atoms with Crippen LogP contribution in [-0.4, -0.2) is 50.6 Å². The normalized spacial score (nSPS) is 27.5. The number of ether oxygens (including phenoxy) is 4. The number of carbonyl (C=O) groups excluding carboxylic acids is 2. The van der Waals surface area contributed by atoms with Crippen molar-refractivity contribution in [1.82, 2.24) is 0 Å². The van der Waals surface area contributed by atoms with Crippen molar-refractivity contribution in [3.05, 3.63) is 11.6 Å². The van der Waals surface area contributed by atoms with Gasteiger partial charge >= 0.3 is 5.97 Å². The van der Waals surface area contributed by atoms with Crippen LogP contribution in [0.2, 0.25) is 0 Å². The van der Waals surface area contributed by atoms with Crippen molar-refractivity contribution >= 4 is 12.3 Å². The van der Waals surface area contributed by atoms with Crippen LogP contribution in [0.5, 0.6) is 0 Å². The third kappa shape index (κ3) is 5.69. The number of rotatable bonds is 8. The molecule has 0 bridgehead atoms. The molecule has 138 valence electrons. The van der Waals surface area contributed by atoms with Crippen molar-refractivity contribution in [3.63, 3.8) is 0 Å². The molecule has 0 amide bonds. The lowest BCUT2D eigenvalue weighted by Gasteiger charge is -2.47. The van der Waals surface area contributed by atoms with Gasteiger partial charge in [0.2, 0.25) is 0 Å². The SMILES string of the molecule is COCO[C@H]1C(COC(C)=O)=CC[C@H](OC(C)(C)C)[C@@]1(C)CC=O. The second-order valence-corrected chi connectivity index (χ2v) is 7.34. The molecule has 1 aliphatic rings. The molecule has 0 heterocycles. The molecule has 0 spiro atoms. The lowest BCUT2D eigenvalue weighted by Crippen LogP contribution is -2.52. The molecule has 24 heavy (non-hydrogen) atoms. The fraction of sp³-hybridized carbons (Fsp3) is 0.778. The minimum absolute atomic E-state index is 0.0821. The summed E-state index contributed by atoms with van der Waals surface area (Å²) in [5.74, 6) is -0.355. The summed E-state index contributed by atoms with van der Waals surface area (Å²) >= 11 is 0. The van der Waals surface area contributed by atoms with Crippen LogP contribution in [0.4, 0.5) is 0 Å². The lowest BCUT2D eigenvalue weighted by molar-refractivity contribution is -0.180. The largest absolute Gasteiger partial charge is 0.461 e. The van der Waals surface area contributed by atoms with Gasteiger partial charge in [-0.3, -0.25) is 4.79 Å². The Hall–Kier alpha value is -1.24. The lowest BCUT2D eigenvalue weighted by atomic mass is 9.69. The Balaban J connectivity index is 3.14. The van der Waals surface area contributed by atoms with Gasteiger partial charge in [0.05, 0.1) is 17.8 Å². The van der Waals surface area contributed by atoms with Crippen LogP contribution >= 0.6 is 0 Å². The molecule has 3 atom stereocenters. The Bertz CT molecular complexity index is 465. The Morgan fingerprint density at radius 3 is 2.58 bits per heavy atom. The van der Waals surface area contributed by atoms with Gasteiger partial charge in [-0.1, -0.05) is 13.0 Å². The molecular formula is C18H30O6. The summed E-state index contributed by atoms with van der Waals surface area (Å²) in [7, 11) is 1.54. The zero-order valence-electron chi connectivity index (χ0n) is 15.6. The zero-order chi connectivity index (χ0) is 18.4. The first-order valence-electron chi connectivity index (χ1n) is 8.18. The second-order valence-electron chi connectivity index (χ2n) is 7.34. The van der Waals surface area contributed by atoms with E-state index in [9.17, 15) is 9.59 Å². The molecule has 0 aromatic carbocycles. The molecule has 6 heteroatoms. The topological polar surface area (TPSA) is 71.1 Å². The molecule has 0 aromatic heterocycles. The van der Waals surface area contributed by atoms with Crippen LogP contribution in [0.3, 0.4) is 0 Å². The van der Waals surface area contributed by atoms with E-state index >= 15 is 0 Å². The summed E-state index contributed by atoms with van der Waals surface area (Å²) in [6.45, 7) is 9.51. The van der Waals surface area contributed by atoms with Gasteiger partial charge in [-0.25, -0.2) is 0 Å². The predicted molar refractivity (Wildman–Crippen MR) is 89.5 cm³/mol. The number of hydrogen-bond acceptors (Lipinski definition) is 6. The van der Waals surface area contributed by atoms with E-state index in [4.69, 9.17) is 18.9 Å². The average molecular weight is 342 g/mol. The fourth-order valence-corrected chi connectivity index (χ4v) is 3.01. The quantitative estimate of drug-likeness (QED) is 0.292. The van der Waals surface area contributed by atoms with Crippen LogP contribution in [0.15, 0.2) is 11.6 Å². The molecule has 0 aromatic rings. The van der Waals surface area contributed by atoms with E-state index in [1.807, 2.05) is 33.8 Å². The third-order valence-corrected chi connectivity index (χ3v) is 4.08. The minimum atomic E-state index is -0.572. The second kappa shape index (κ2) is 8.74. The van der Waals surface area contributed by atoms with Crippen molar-refractivity contribution in [3.8, 4) is 0 Å². The van der Waals surface area contributed by atoms with Gasteiger partial charge in [0.15, 0.2) is 0 Å². The number of esters is 1. The Kier molecular flexibility index (Phi) is 7.57. The first-order valence-corrected chi connectivity index (χ1v) is 8.18. The van der Waals surface area contributed by atoms with Crippen molar-refractivity contribution in [1.29, 1.82) is 0 Å². The molecular weight excluding hydrogens is 312 g/mol. The third-order valence-electron chi connectivity index (χ3n) is 4.08. The van der Waals surface area contributed by atoms with E-state index in [2.05, 4.69) is 0 Å². The molecule has 0 N–H and O–H groups in total. The summed E-state index contributed by atoms with van der Waals surface area (Å²) in [6.07, 6.45) is 3.15. The Morgan fingerprint density at radius 1 is 1.42 bits per heavy atom. The molecule has 0 unspecified atom stereocenters. The van der Waals surface area contributed by atoms with Crippen molar-refractivity contribution in [2.45, 2.75) is 65.3 Å². The fourth-order valence-electron chi connectivity index (χ4n) is 3.01. The Labute approximate surface area is 144 Å². The summed E-state index contributed by atoms with van der Waals surface area (Å²) in [4.78, 5) is 22.5. The first kappa shape index (κ1) is 20.8. The maximum atomic E-state index is 11.3. The highest BCUT2D eigenvalue weighted by molar-refractivity contribution is 5.66. The predicted octanol–water partition coefficient (Wildman–Crippen LogP) is 2.65. The van der Waals surface area contributed by atoms with E-state index in [1.54, 1.807) is 7.11 Å². The average Bonchev–Trinajstić information content (AvgIpc) is 2.45. The zero-order valence-corrected chi connectivity index (χ0v) is 15.6. The van der Waals surface area contributed by atoms with E-state index in [1.165, 1.54) is 6.92 Å². The molecule has 0 fully saturated rings. The molecule has 0 radical (unpaired) electrons. The first-order chi connectivity index (χ1) is 11.1. The van der Waals surface area contributed by atoms with E-state index in [0.717, 1.165) is 11.9 Å². The van der Waals surface area contributed by atoms with Crippen LogP contribution in [-0.2, 0) is 28.5 Å². The van der Waals surface area contributed by atoms with Crippen LogP contribution in [0, 0.1) is 5.41 Å². The van der Waals surface area contributed by atoms with E-state index < -0.39 is 11.5 Å². The number of aldehydes is 1. The monoisotopic (exact) mass is 342 g/mol. The minimum Gasteiger partial charge on any atom is -0.461 e. The van der Waals surface area contributed by atoms with Crippen LogP contribution in [0.25, 0.3) is 0 Å². The molecule has 6 nitrogen and oxygen atoms in total. The summed E-state index contributed by atoms with van der Waals surface area (Å²) in [5, 5.41) is 0. The van der Waals surface area contributed by atoms with Gasteiger partial charge in [0.25, 0.3) is 0 Å². The molecule has 0 saturated carbocycles. The molecule has 1 aliphatic carbocycles. The van der Waals surface area contributed by atoms with E-state index in [0.29, 0.717) is 6.42 Å². The molecule has 1 rings (SSSR count). The number of carbonyl (C=O) groups is 2. The van der Waals surface area contributed by atoms with Crippen molar-refractivity contribution in [2.24, 2.45) is 5.41 Å². The van der Waals surface area contributed by atoms with Gasteiger partial charge in [-0.2, -0.15) is 0 Å². The number of hydrogen-bond donors (Lipinski definition) is 0. The summed E-state index contributed by atoms with van der Waals surface area (Å²) in [6, 6.07) is 0. The molecule has 0 aliphatic heterocycles. The number of methoxy groups -OCH3 is 1. The van der Waals surface area contributed by atoms with E-state index in [-0.39, 0.29) is 37.5 Å². The van der Waals surface area contributed by atoms with Gasteiger partial charge in [0.1, 0.15) is 19.7 Å². The van der Waals surface area contributed by atoms with Crippen molar-refractivity contribution < 1.29 is 28.5 Å². The maximum absolute atomic E-state index is 11.3. The van der Waals surface area contributed by atoms with Gasteiger partial charge in [-0.15, -0.1) is 0 Å². The maximum Gasteiger partial charge on any atom is 0.302 e. The summed E-state index contributed by atoms with van der Waals surface area (Å²) in [5.41, 5.74) is -0.0834. The smallest absolute Gasteiger partial charge is 0.302 e. The van der Waals surface area contributed by atoms with Crippen LogP contribution in [0.1, 0.15) is 47.5 Å². The van der Waals surface area contributed by atoms with Crippen LogP contribution < -0.4 is 0 Å². The van der Waals surface area contributed by atoms with Gasteiger partial charge in [0, 0.05) is 25.9 Å². The highest BCUT2D eigenvalue weighted by atomic mass is 16.7. The van der Waals surface area contributed by atoms with Gasteiger partial charge in [-0.05, 0) is 32.8 Å². The highest BCUT2D eigenvalue weighted by Crippen LogP contribution is 2.44. The highest BCUT2D eigenvalue weighted by Gasteiger charge is 2.48. The van der Waals surface area contributed by atoms with Crippen molar-refractivity contribution in [2.75, 3.05) is 20.5 Å². The molecule has 0 saturated heterocycles. The van der Waals surface area contributed by atoms with Gasteiger partial charge < -0.3 is 23.7 Å².